The van der Waals surface area contributed by atoms with Gasteiger partial charge in [0.1, 0.15) is 6.33 Å². The van der Waals surface area contributed by atoms with Crippen LogP contribution in [0.15, 0.2) is 79.1 Å². The molecule has 7 aromatic rings. The van der Waals surface area contributed by atoms with Crippen molar-refractivity contribution in [3.8, 4) is 0 Å². The van der Waals surface area contributed by atoms with E-state index in [4.69, 9.17) is 4.98 Å². The van der Waals surface area contributed by atoms with E-state index in [1.165, 1.54) is 43.4 Å². The van der Waals surface area contributed by atoms with Crippen molar-refractivity contribution in [2.75, 3.05) is 0 Å². The molecule has 4 heterocycles. The predicted molar refractivity (Wildman–Crippen MR) is 112 cm³/mol. The number of pyridine rings is 2. The molecule has 0 radical (unpaired) electrons. The van der Waals surface area contributed by atoms with Crippen LogP contribution in [0.25, 0.3) is 59.9 Å². The fourth-order valence-corrected chi connectivity index (χ4v) is 4.64. The van der Waals surface area contributed by atoms with E-state index in [-0.39, 0.29) is 0 Å². The van der Waals surface area contributed by atoms with E-state index in [0.29, 0.717) is 0 Å². The highest BCUT2D eigenvalue weighted by Gasteiger charge is 2.18. The van der Waals surface area contributed by atoms with Gasteiger partial charge in [0.25, 0.3) is 0 Å². The lowest BCUT2D eigenvalue weighted by atomic mass is 10.0. The summed E-state index contributed by atoms with van der Waals surface area (Å²) in [5.41, 5.74) is 5.56. The summed E-state index contributed by atoms with van der Waals surface area (Å²) in [4.78, 5) is 9.40. The highest BCUT2D eigenvalue weighted by Crippen LogP contribution is 2.39. The minimum absolute atomic E-state index is 1.01. The second-order valence-electron chi connectivity index (χ2n) is 7.15. The third kappa shape index (κ3) is 1.53. The molecule has 0 aliphatic carbocycles. The van der Waals surface area contributed by atoms with Gasteiger partial charge in [-0.2, -0.15) is 0 Å². The lowest BCUT2D eigenvalue weighted by molar-refractivity contribution is 1.23. The van der Waals surface area contributed by atoms with Gasteiger partial charge in [0.05, 0.1) is 27.6 Å². The molecular formula is C24H13N3. The van der Waals surface area contributed by atoms with Gasteiger partial charge in [-0.15, -0.1) is 0 Å². The summed E-state index contributed by atoms with van der Waals surface area (Å²) >= 11 is 0. The van der Waals surface area contributed by atoms with Crippen LogP contribution in [0.1, 0.15) is 0 Å². The van der Waals surface area contributed by atoms with Crippen molar-refractivity contribution in [2.24, 2.45) is 0 Å². The molecule has 0 N–H and O–H groups in total. The van der Waals surface area contributed by atoms with E-state index in [9.17, 15) is 0 Å². The SMILES string of the molecule is c1ccc2cc3c(cc2c1)c1ncnc2c4ccccc4c4ccc3n4c21. The maximum Gasteiger partial charge on any atom is 0.116 e. The number of benzene rings is 3. The van der Waals surface area contributed by atoms with Gasteiger partial charge < -0.3 is 4.40 Å². The zero-order chi connectivity index (χ0) is 17.5. The Balaban J connectivity index is 1.91. The second-order valence-corrected chi connectivity index (χ2v) is 7.15. The fraction of sp³-hybridized carbons (Fsp3) is 0. The largest absolute Gasteiger partial charge is 0.305 e. The van der Waals surface area contributed by atoms with E-state index in [0.717, 1.165) is 16.6 Å². The van der Waals surface area contributed by atoms with Crippen LogP contribution in [-0.2, 0) is 0 Å². The first-order valence-corrected chi connectivity index (χ1v) is 9.10. The highest BCUT2D eigenvalue weighted by atomic mass is 15.0. The van der Waals surface area contributed by atoms with Crippen molar-refractivity contribution in [1.82, 2.24) is 14.4 Å². The van der Waals surface area contributed by atoms with E-state index >= 15 is 0 Å². The number of aromatic nitrogens is 3. The Kier molecular flexibility index (Phi) is 2.25. The Bertz CT molecular complexity index is 1670. The van der Waals surface area contributed by atoms with E-state index in [1.54, 1.807) is 6.33 Å². The van der Waals surface area contributed by atoms with Crippen LogP contribution in [0.5, 0.6) is 0 Å². The molecule has 0 aliphatic heterocycles. The van der Waals surface area contributed by atoms with Crippen LogP contribution in [0.3, 0.4) is 0 Å². The lowest BCUT2D eigenvalue weighted by Gasteiger charge is -2.15. The summed E-state index contributed by atoms with van der Waals surface area (Å²) < 4.78 is 2.34. The maximum atomic E-state index is 4.72. The Hall–Kier alpha value is -3.72. The molecule has 0 spiro atoms. The molecule has 7 rings (SSSR count). The summed E-state index contributed by atoms with van der Waals surface area (Å²) in [5.74, 6) is 0. The molecule has 124 valence electrons. The van der Waals surface area contributed by atoms with Crippen LogP contribution in [0.4, 0.5) is 0 Å². The van der Waals surface area contributed by atoms with Crippen LogP contribution < -0.4 is 0 Å². The Labute approximate surface area is 153 Å². The van der Waals surface area contributed by atoms with E-state index in [2.05, 4.69) is 82.2 Å². The molecule has 4 aromatic heterocycles. The van der Waals surface area contributed by atoms with E-state index < -0.39 is 0 Å². The van der Waals surface area contributed by atoms with E-state index in [1.807, 2.05) is 0 Å². The summed E-state index contributed by atoms with van der Waals surface area (Å²) in [6, 6.07) is 26.0. The molecular weight excluding hydrogens is 330 g/mol. The summed E-state index contributed by atoms with van der Waals surface area (Å²) in [6.07, 6.45) is 1.70. The first-order chi connectivity index (χ1) is 13.4. The minimum Gasteiger partial charge on any atom is -0.305 e. The topological polar surface area (TPSA) is 30.2 Å². The third-order valence-electron chi connectivity index (χ3n) is 5.80. The van der Waals surface area contributed by atoms with Gasteiger partial charge in [-0.05, 0) is 35.0 Å². The average molecular weight is 343 g/mol. The molecule has 3 heteroatoms. The molecule has 0 unspecified atom stereocenters. The number of hydrogen-bond acceptors (Lipinski definition) is 2. The highest BCUT2D eigenvalue weighted by molar-refractivity contribution is 6.24. The van der Waals surface area contributed by atoms with Crippen molar-refractivity contribution in [3.05, 3.63) is 79.1 Å². The summed E-state index contributed by atoms with van der Waals surface area (Å²) in [5, 5.41) is 7.31. The first kappa shape index (κ1) is 13.5. The fourth-order valence-electron chi connectivity index (χ4n) is 4.64. The molecule has 0 bridgehead atoms. The van der Waals surface area contributed by atoms with Crippen LogP contribution in [-0.4, -0.2) is 14.4 Å². The number of nitrogens with zero attached hydrogens (tertiary/aromatic N) is 3. The zero-order valence-corrected chi connectivity index (χ0v) is 14.3. The molecule has 0 saturated carbocycles. The lowest BCUT2D eigenvalue weighted by Crippen LogP contribution is -1.98. The Morgan fingerprint density at radius 3 is 1.93 bits per heavy atom. The Morgan fingerprint density at radius 2 is 1.15 bits per heavy atom. The van der Waals surface area contributed by atoms with Crippen LogP contribution in [0.2, 0.25) is 0 Å². The monoisotopic (exact) mass is 343 g/mol. The number of hydrogen-bond donors (Lipinski definition) is 0. The molecule has 27 heavy (non-hydrogen) atoms. The summed E-state index contributed by atoms with van der Waals surface area (Å²) in [7, 11) is 0. The third-order valence-corrected chi connectivity index (χ3v) is 5.80. The van der Waals surface area contributed by atoms with Gasteiger partial charge in [-0.1, -0.05) is 48.5 Å². The first-order valence-electron chi connectivity index (χ1n) is 9.10. The molecule has 0 atom stereocenters. The van der Waals surface area contributed by atoms with Crippen LogP contribution in [0, 0.1) is 0 Å². The molecule has 0 fully saturated rings. The van der Waals surface area contributed by atoms with Crippen molar-refractivity contribution in [3.63, 3.8) is 0 Å². The number of rotatable bonds is 0. The Morgan fingerprint density at radius 1 is 0.556 bits per heavy atom. The van der Waals surface area contributed by atoms with Crippen molar-refractivity contribution >= 4 is 59.9 Å². The normalized spacial score (nSPS) is 12.4. The second kappa shape index (κ2) is 4.51. The molecule has 0 aliphatic rings. The molecule has 3 aromatic carbocycles. The molecule has 0 amide bonds. The van der Waals surface area contributed by atoms with Crippen molar-refractivity contribution in [2.45, 2.75) is 0 Å². The zero-order valence-electron chi connectivity index (χ0n) is 14.3. The average Bonchev–Trinajstić information content (AvgIpc) is 3.18. The van der Waals surface area contributed by atoms with Crippen LogP contribution >= 0.6 is 0 Å². The van der Waals surface area contributed by atoms with Crippen molar-refractivity contribution in [1.29, 1.82) is 0 Å². The molecule has 0 saturated heterocycles. The van der Waals surface area contributed by atoms with Gasteiger partial charge in [-0.25, -0.2) is 9.97 Å². The molecule has 3 nitrogen and oxygen atoms in total. The maximum absolute atomic E-state index is 4.72. The minimum atomic E-state index is 1.01. The smallest absolute Gasteiger partial charge is 0.116 e. The van der Waals surface area contributed by atoms with Gasteiger partial charge in [0, 0.05) is 21.5 Å². The number of fused-ring (bicyclic) bond motifs is 7. The van der Waals surface area contributed by atoms with Gasteiger partial charge in [0.15, 0.2) is 0 Å². The standard InChI is InChI=1S/C24H13N3/c1-2-6-15-12-19-18(11-14(15)5-1)21-10-9-20-16-7-3-4-8-17(16)22-24(27(20)21)23(19)26-13-25-22/h1-13H. The van der Waals surface area contributed by atoms with Gasteiger partial charge in [0.2, 0.25) is 0 Å². The van der Waals surface area contributed by atoms with Crippen molar-refractivity contribution < 1.29 is 0 Å². The predicted octanol–water partition coefficient (Wildman–Crippen LogP) is 5.93. The summed E-state index contributed by atoms with van der Waals surface area (Å²) in [6.45, 7) is 0. The quantitative estimate of drug-likeness (QED) is 0.252. The van der Waals surface area contributed by atoms with Gasteiger partial charge in [-0.3, -0.25) is 0 Å². The van der Waals surface area contributed by atoms with Gasteiger partial charge >= 0.3 is 0 Å².